The van der Waals surface area contributed by atoms with Crippen molar-refractivity contribution in [1.29, 1.82) is 0 Å². The third kappa shape index (κ3) is 26.0. The summed E-state index contributed by atoms with van der Waals surface area (Å²) in [4.78, 5) is 26.4. The Morgan fingerprint density at radius 1 is 0.444 bits per heavy atom. The second-order valence-electron chi connectivity index (χ2n) is 15.3. The van der Waals surface area contributed by atoms with Crippen molar-refractivity contribution in [3.63, 3.8) is 0 Å². The Bertz CT molecular complexity index is 655. The summed E-state index contributed by atoms with van der Waals surface area (Å²) >= 11 is 0. The first-order valence-corrected chi connectivity index (χ1v) is 20.6. The minimum absolute atomic E-state index is 0.0840. The number of carbonyl (C=O) groups is 2. The molecular weight excluding hydrogens is 550 g/mol. The van der Waals surface area contributed by atoms with Gasteiger partial charge in [0, 0.05) is 18.8 Å². The normalized spacial score (nSPS) is 13.8. The Hall–Kier alpha value is -0.700. The van der Waals surface area contributed by atoms with Crippen molar-refractivity contribution >= 4 is 11.6 Å². The van der Waals surface area contributed by atoms with Gasteiger partial charge in [-0.05, 0) is 25.7 Å². The van der Waals surface area contributed by atoms with E-state index in [1.165, 1.54) is 167 Å². The summed E-state index contributed by atoms with van der Waals surface area (Å²) < 4.78 is 0. The fourth-order valence-electron chi connectivity index (χ4n) is 7.32. The van der Waals surface area contributed by atoms with E-state index in [4.69, 9.17) is 5.73 Å². The average Bonchev–Trinajstić information content (AvgIpc) is 3.00. The fourth-order valence-corrected chi connectivity index (χ4v) is 7.32. The van der Waals surface area contributed by atoms with Crippen LogP contribution in [-0.2, 0) is 9.59 Å². The van der Waals surface area contributed by atoms with Crippen LogP contribution in [0.15, 0.2) is 0 Å². The predicted molar refractivity (Wildman–Crippen MR) is 200 cm³/mol. The highest BCUT2D eigenvalue weighted by atomic mass is 16.1. The van der Waals surface area contributed by atoms with E-state index in [9.17, 15) is 9.59 Å². The molecule has 2 N–H and O–H groups in total. The maximum absolute atomic E-state index is 13.3. The molecule has 268 valence electrons. The maximum Gasteiger partial charge on any atom is 0.153 e. The summed E-state index contributed by atoms with van der Waals surface area (Å²) in [6, 6.07) is 0. The standard InChI is InChI=1S/C42H83NO2/c1-6-8-10-12-14-16-18-20-22-24-26-28-30-32-34-36-39(44)41(38(3)4)42(5,43)40(45)37-35-33-31-29-27-25-23-21-19-17-15-13-11-9-7-2/h38,41H,6-37,43H2,1-5H3. The van der Waals surface area contributed by atoms with E-state index in [2.05, 4.69) is 27.7 Å². The molecule has 0 amide bonds. The summed E-state index contributed by atoms with van der Waals surface area (Å²) in [7, 11) is 0. The molecule has 3 heteroatoms. The van der Waals surface area contributed by atoms with Gasteiger partial charge in [0.05, 0.1) is 5.54 Å². The van der Waals surface area contributed by atoms with E-state index in [0.29, 0.717) is 12.8 Å². The maximum atomic E-state index is 13.3. The van der Waals surface area contributed by atoms with Crippen LogP contribution in [-0.4, -0.2) is 17.1 Å². The molecule has 0 fully saturated rings. The molecule has 2 atom stereocenters. The van der Waals surface area contributed by atoms with Crippen molar-refractivity contribution in [2.45, 2.75) is 246 Å². The van der Waals surface area contributed by atoms with Crippen LogP contribution in [0.4, 0.5) is 0 Å². The van der Waals surface area contributed by atoms with E-state index >= 15 is 0 Å². The zero-order valence-corrected chi connectivity index (χ0v) is 31.7. The summed E-state index contributed by atoms with van der Waals surface area (Å²) in [6.07, 6.45) is 40.7. The third-order valence-corrected chi connectivity index (χ3v) is 10.3. The van der Waals surface area contributed by atoms with Crippen LogP contribution >= 0.6 is 0 Å². The number of hydrogen-bond donors (Lipinski definition) is 1. The third-order valence-electron chi connectivity index (χ3n) is 10.3. The summed E-state index contributed by atoms with van der Waals surface area (Å²) in [6.45, 7) is 10.5. The van der Waals surface area contributed by atoms with Crippen molar-refractivity contribution in [2.75, 3.05) is 0 Å². The largest absolute Gasteiger partial charge is 0.319 e. The molecule has 45 heavy (non-hydrogen) atoms. The second-order valence-corrected chi connectivity index (χ2v) is 15.3. The van der Waals surface area contributed by atoms with Crippen LogP contribution in [0.5, 0.6) is 0 Å². The van der Waals surface area contributed by atoms with Gasteiger partial charge >= 0.3 is 0 Å². The molecule has 0 rings (SSSR count). The number of carbonyl (C=O) groups excluding carboxylic acids is 2. The van der Waals surface area contributed by atoms with Gasteiger partial charge in [-0.1, -0.05) is 207 Å². The molecule has 0 aromatic heterocycles. The van der Waals surface area contributed by atoms with Crippen LogP contribution in [0.3, 0.4) is 0 Å². The van der Waals surface area contributed by atoms with E-state index in [1.807, 2.05) is 6.92 Å². The molecule has 0 bridgehead atoms. The average molecular weight is 634 g/mol. The van der Waals surface area contributed by atoms with Gasteiger partial charge in [0.25, 0.3) is 0 Å². The first-order valence-electron chi connectivity index (χ1n) is 20.6. The molecule has 0 aliphatic heterocycles. The predicted octanol–water partition coefficient (Wildman–Crippen LogP) is 13.6. The number of hydrogen-bond acceptors (Lipinski definition) is 3. The van der Waals surface area contributed by atoms with Gasteiger partial charge in [-0.3, -0.25) is 9.59 Å². The second kappa shape index (κ2) is 31.9. The Morgan fingerprint density at radius 3 is 0.956 bits per heavy atom. The van der Waals surface area contributed by atoms with Crippen LogP contribution in [0.2, 0.25) is 0 Å². The van der Waals surface area contributed by atoms with E-state index < -0.39 is 5.54 Å². The molecule has 0 saturated carbocycles. The zero-order valence-electron chi connectivity index (χ0n) is 31.7. The molecule has 0 aromatic rings. The topological polar surface area (TPSA) is 60.2 Å². The summed E-state index contributed by atoms with van der Waals surface area (Å²) in [5.74, 6) is 0.0112. The number of ketones is 2. The fraction of sp³-hybridized carbons (Fsp3) is 0.952. The van der Waals surface area contributed by atoms with Gasteiger partial charge in [0.2, 0.25) is 0 Å². The van der Waals surface area contributed by atoms with E-state index in [0.717, 1.165) is 25.7 Å². The summed E-state index contributed by atoms with van der Waals surface area (Å²) in [5, 5.41) is 0. The molecule has 2 unspecified atom stereocenters. The monoisotopic (exact) mass is 634 g/mol. The number of Topliss-reactive ketones (excluding diaryl/α,β-unsaturated/α-hetero) is 2. The lowest BCUT2D eigenvalue weighted by Gasteiger charge is -2.35. The van der Waals surface area contributed by atoms with Crippen LogP contribution in [0.1, 0.15) is 240 Å². The Morgan fingerprint density at radius 2 is 0.689 bits per heavy atom. The van der Waals surface area contributed by atoms with E-state index in [1.54, 1.807) is 0 Å². The molecule has 0 aliphatic carbocycles. The molecule has 0 aliphatic rings. The van der Waals surface area contributed by atoms with Gasteiger partial charge in [-0.15, -0.1) is 0 Å². The SMILES string of the molecule is CCCCCCCCCCCCCCCCCC(=O)C(C(C)C)C(C)(N)C(=O)CCCCCCCCCCCCCCCCC. The van der Waals surface area contributed by atoms with Gasteiger partial charge in [-0.2, -0.15) is 0 Å². The van der Waals surface area contributed by atoms with Crippen molar-refractivity contribution in [1.82, 2.24) is 0 Å². The van der Waals surface area contributed by atoms with Crippen molar-refractivity contribution in [2.24, 2.45) is 17.6 Å². The number of unbranched alkanes of at least 4 members (excludes halogenated alkanes) is 28. The minimum Gasteiger partial charge on any atom is -0.319 e. The van der Waals surface area contributed by atoms with Crippen molar-refractivity contribution < 1.29 is 9.59 Å². The quantitative estimate of drug-likeness (QED) is 0.0698. The Kier molecular flexibility index (Phi) is 31.4. The number of rotatable bonds is 36. The lowest BCUT2D eigenvalue weighted by molar-refractivity contribution is -0.135. The zero-order chi connectivity index (χ0) is 33.4. The first kappa shape index (κ1) is 44.3. The minimum atomic E-state index is -1.04. The molecule has 0 radical (unpaired) electrons. The van der Waals surface area contributed by atoms with Crippen LogP contribution < -0.4 is 5.73 Å². The lowest BCUT2D eigenvalue weighted by Crippen LogP contribution is -2.56. The van der Waals surface area contributed by atoms with E-state index in [-0.39, 0.29) is 23.4 Å². The molecular formula is C42H83NO2. The van der Waals surface area contributed by atoms with Gasteiger partial charge in [0.1, 0.15) is 5.78 Å². The highest BCUT2D eigenvalue weighted by Crippen LogP contribution is 2.29. The highest BCUT2D eigenvalue weighted by molar-refractivity contribution is 5.95. The molecule has 3 nitrogen and oxygen atoms in total. The molecule has 0 saturated heterocycles. The van der Waals surface area contributed by atoms with Crippen LogP contribution in [0.25, 0.3) is 0 Å². The Labute approximate surface area is 283 Å². The molecule has 0 aromatic carbocycles. The molecule has 0 spiro atoms. The molecule has 0 heterocycles. The van der Waals surface area contributed by atoms with Crippen molar-refractivity contribution in [3.8, 4) is 0 Å². The van der Waals surface area contributed by atoms with Crippen molar-refractivity contribution in [3.05, 3.63) is 0 Å². The van der Waals surface area contributed by atoms with Gasteiger partial charge in [0.15, 0.2) is 5.78 Å². The van der Waals surface area contributed by atoms with Crippen LogP contribution in [0, 0.1) is 11.8 Å². The summed E-state index contributed by atoms with van der Waals surface area (Å²) in [5.41, 5.74) is 5.61. The lowest BCUT2D eigenvalue weighted by atomic mass is 9.72. The Balaban J connectivity index is 3.92. The first-order chi connectivity index (χ1) is 21.8. The van der Waals surface area contributed by atoms with Gasteiger partial charge in [-0.25, -0.2) is 0 Å². The smallest absolute Gasteiger partial charge is 0.153 e. The highest BCUT2D eigenvalue weighted by Gasteiger charge is 2.42. The number of nitrogens with two attached hydrogens (primary N) is 1. The van der Waals surface area contributed by atoms with Gasteiger partial charge < -0.3 is 5.73 Å².